The molecule has 0 atom stereocenters. The van der Waals surface area contributed by atoms with Crippen molar-refractivity contribution in [3.8, 4) is 11.3 Å². The summed E-state index contributed by atoms with van der Waals surface area (Å²) in [5.74, 6) is 0. The van der Waals surface area contributed by atoms with Crippen molar-refractivity contribution in [2.75, 3.05) is 0 Å². The first-order chi connectivity index (χ1) is 8.68. The molecule has 2 rings (SSSR count). The Morgan fingerprint density at radius 3 is 2.00 bits per heavy atom. The Morgan fingerprint density at radius 1 is 1.00 bits per heavy atom. The Hall–Kier alpha value is -0.910. The summed E-state index contributed by atoms with van der Waals surface area (Å²) >= 11 is 17.0. The van der Waals surface area contributed by atoms with E-state index in [4.69, 9.17) is 34.8 Å². The van der Waals surface area contributed by atoms with Crippen LogP contribution in [0.2, 0.25) is 0 Å². The molecule has 1 aromatic carbocycles. The smallest absolute Gasteiger partial charge is 0.273 e. The maximum absolute atomic E-state index is 12.4. The van der Waals surface area contributed by atoms with Crippen LogP contribution in [-0.2, 0) is 9.97 Å². The molecule has 0 spiro atoms. The highest BCUT2D eigenvalue weighted by molar-refractivity contribution is 6.66. The fourth-order valence-corrected chi connectivity index (χ4v) is 1.82. The van der Waals surface area contributed by atoms with Gasteiger partial charge in [0.15, 0.2) is 0 Å². The molecule has 8 heteroatoms. The van der Waals surface area contributed by atoms with Crippen LogP contribution < -0.4 is 0 Å². The number of benzene rings is 1. The van der Waals surface area contributed by atoms with E-state index in [0.29, 0.717) is 11.1 Å². The Labute approximate surface area is 121 Å². The number of halogens is 6. The van der Waals surface area contributed by atoms with Gasteiger partial charge in [-0.2, -0.15) is 18.3 Å². The number of nitrogens with zero attached hydrogens (tertiary/aromatic N) is 1. The van der Waals surface area contributed by atoms with Crippen molar-refractivity contribution >= 4 is 34.8 Å². The van der Waals surface area contributed by atoms with Crippen LogP contribution in [0.3, 0.4) is 0 Å². The minimum Gasteiger partial charge on any atom is -0.273 e. The number of hydrogen-bond acceptors (Lipinski definition) is 1. The van der Waals surface area contributed by atoms with Crippen LogP contribution in [0.1, 0.15) is 11.3 Å². The monoisotopic (exact) mass is 328 g/mol. The summed E-state index contributed by atoms with van der Waals surface area (Å²) in [7, 11) is 0. The Kier molecular flexibility index (Phi) is 3.73. The van der Waals surface area contributed by atoms with E-state index in [1.54, 1.807) is 0 Å². The van der Waals surface area contributed by atoms with Gasteiger partial charge in [0.25, 0.3) is 0 Å². The summed E-state index contributed by atoms with van der Waals surface area (Å²) in [5, 5.41) is 5.54. The van der Waals surface area contributed by atoms with Crippen molar-refractivity contribution < 1.29 is 13.2 Å². The molecule has 2 nitrogen and oxygen atoms in total. The van der Waals surface area contributed by atoms with Crippen molar-refractivity contribution in [2.24, 2.45) is 0 Å². The summed E-state index contributed by atoms with van der Waals surface area (Å²) in [6.45, 7) is 0. The number of aromatic amines is 1. The van der Waals surface area contributed by atoms with E-state index in [9.17, 15) is 13.2 Å². The molecule has 0 saturated heterocycles. The van der Waals surface area contributed by atoms with E-state index in [2.05, 4.69) is 5.10 Å². The second-order valence-corrected chi connectivity index (χ2v) is 6.02. The summed E-state index contributed by atoms with van der Waals surface area (Å²) < 4.78 is 35.7. The van der Waals surface area contributed by atoms with Gasteiger partial charge in [0.2, 0.25) is 3.79 Å². The Balaban J connectivity index is 2.31. The topological polar surface area (TPSA) is 28.7 Å². The molecule has 2 aromatic rings. The van der Waals surface area contributed by atoms with Crippen LogP contribution in [0.25, 0.3) is 11.3 Å². The first-order valence-corrected chi connectivity index (χ1v) is 6.11. The van der Waals surface area contributed by atoms with Crippen molar-refractivity contribution in [1.82, 2.24) is 10.2 Å². The molecule has 0 aliphatic heterocycles. The molecule has 1 heterocycles. The van der Waals surface area contributed by atoms with Gasteiger partial charge in [0.1, 0.15) is 5.69 Å². The van der Waals surface area contributed by atoms with E-state index >= 15 is 0 Å². The lowest BCUT2D eigenvalue weighted by Crippen LogP contribution is -2.04. The molecular weight excluding hydrogens is 323 g/mol. The van der Waals surface area contributed by atoms with Gasteiger partial charge < -0.3 is 0 Å². The highest BCUT2D eigenvalue weighted by Crippen LogP contribution is 2.38. The lowest BCUT2D eigenvalue weighted by molar-refractivity contribution is -0.141. The van der Waals surface area contributed by atoms with Gasteiger partial charge in [0.05, 0.1) is 5.69 Å². The molecule has 102 valence electrons. The molecule has 0 saturated carbocycles. The van der Waals surface area contributed by atoms with Crippen molar-refractivity contribution in [1.29, 1.82) is 0 Å². The van der Waals surface area contributed by atoms with E-state index in [1.807, 2.05) is 5.10 Å². The third kappa shape index (κ3) is 3.35. The summed E-state index contributed by atoms with van der Waals surface area (Å²) in [4.78, 5) is 0. The number of nitrogens with one attached hydrogen (secondary N) is 1. The Bertz CT molecular complexity index is 570. The number of H-pyrrole nitrogens is 1. The minimum atomic E-state index is -4.46. The van der Waals surface area contributed by atoms with Crippen molar-refractivity contribution in [3.05, 3.63) is 41.6 Å². The van der Waals surface area contributed by atoms with E-state index in [0.717, 1.165) is 6.07 Å². The van der Waals surface area contributed by atoms with Crippen LogP contribution >= 0.6 is 34.8 Å². The maximum Gasteiger partial charge on any atom is 0.432 e. The van der Waals surface area contributed by atoms with Crippen LogP contribution in [0.15, 0.2) is 30.3 Å². The highest BCUT2D eigenvalue weighted by atomic mass is 35.6. The van der Waals surface area contributed by atoms with Crippen LogP contribution in [0, 0.1) is 0 Å². The fourth-order valence-electron chi connectivity index (χ4n) is 1.44. The van der Waals surface area contributed by atoms with Gasteiger partial charge in [-0.15, -0.1) is 0 Å². The summed E-state index contributed by atoms with van der Waals surface area (Å²) in [5.41, 5.74) is 0.175. The van der Waals surface area contributed by atoms with Gasteiger partial charge in [0, 0.05) is 11.1 Å². The largest absolute Gasteiger partial charge is 0.432 e. The SMILES string of the molecule is FC(F)(F)c1cc(-c2ccc(C(Cl)(Cl)Cl)cc2)n[nH]1. The number of alkyl halides is 6. The molecule has 0 radical (unpaired) electrons. The van der Waals surface area contributed by atoms with Crippen molar-refractivity contribution in [2.45, 2.75) is 9.97 Å². The quantitative estimate of drug-likeness (QED) is 0.739. The van der Waals surface area contributed by atoms with E-state index in [-0.39, 0.29) is 5.69 Å². The number of aromatic nitrogens is 2. The molecule has 1 aromatic heterocycles. The molecule has 0 unspecified atom stereocenters. The zero-order valence-corrected chi connectivity index (χ0v) is 11.4. The van der Waals surface area contributed by atoms with Crippen molar-refractivity contribution in [3.63, 3.8) is 0 Å². The number of rotatable bonds is 1. The first-order valence-electron chi connectivity index (χ1n) is 4.98. The number of hydrogen-bond donors (Lipinski definition) is 1. The van der Waals surface area contributed by atoms with Gasteiger partial charge in [-0.3, -0.25) is 5.10 Å². The predicted octanol–water partition coefficient (Wildman–Crippen LogP) is 4.92. The summed E-state index contributed by atoms with van der Waals surface area (Å²) in [6, 6.07) is 7.03. The van der Waals surface area contributed by atoms with Gasteiger partial charge in [-0.1, -0.05) is 59.1 Å². The average molecular weight is 330 g/mol. The maximum atomic E-state index is 12.4. The summed E-state index contributed by atoms with van der Waals surface area (Å²) in [6.07, 6.45) is -4.46. The van der Waals surface area contributed by atoms with E-state index in [1.165, 1.54) is 24.3 Å². The fraction of sp³-hybridized carbons (Fsp3) is 0.182. The van der Waals surface area contributed by atoms with Gasteiger partial charge in [-0.05, 0) is 6.07 Å². The van der Waals surface area contributed by atoms with Gasteiger partial charge in [-0.25, -0.2) is 0 Å². The standard InChI is InChI=1S/C11H6Cl3F3N2/c12-10(13,14)7-3-1-6(2-4-7)8-5-9(19-18-8)11(15,16)17/h1-5H,(H,18,19). The van der Waals surface area contributed by atoms with Crippen LogP contribution in [0.5, 0.6) is 0 Å². The van der Waals surface area contributed by atoms with E-state index < -0.39 is 15.7 Å². The van der Waals surface area contributed by atoms with Crippen LogP contribution in [0.4, 0.5) is 13.2 Å². The zero-order valence-electron chi connectivity index (χ0n) is 9.10. The second kappa shape index (κ2) is 4.89. The highest BCUT2D eigenvalue weighted by Gasteiger charge is 2.33. The minimum absolute atomic E-state index is 0.170. The van der Waals surface area contributed by atoms with Gasteiger partial charge >= 0.3 is 6.18 Å². The lowest BCUT2D eigenvalue weighted by atomic mass is 10.1. The average Bonchev–Trinajstić information content (AvgIpc) is 2.77. The molecule has 1 N–H and O–H groups in total. The third-order valence-corrected chi connectivity index (χ3v) is 3.05. The zero-order chi connectivity index (χ0) is 14.3. The molecule has 19 heavy (non-hydrogen) atoms. The predicted molar refractivity (Wildman–Crippen MR) is 68.3 cm³/mol. The lowest BCUT2D eigenvalue weighted by Gasteiger charge is -2.10. The normalized spacial score (nSPS) is 12.7. The van der Waals surface area contributed by atoms with Crippen LogP contribution in [-0.4, -0.2) is 10.2 Å². The first kappa shape index (κ1) is 14.5. The molecule has 0 bridgehead atoms. The molecule has 0 amide bonds. The molecule has 0 aliphatic carbocycles. The Morgan fingerprint density at radius 2 is 1.58 bits per heavy atom. The third-order valence-electron chi connectivity index (χ3n) is 2.39. The second-order valence-electron chi connectivity index (χ2n) is 3.74. The molecule has 0 fully saturated rings. The molecular formula is C11H6Cl3F3N2. The molecule has 0 aliphatic rings.